The van der Waals surface area contributed by atoms with Crippen LogP contribution in [-0.2, 0) is 12.8 Å². The van der Waals surface area contributed by atoms with Crippen LogP contribution < -0.4 is 4.74 Å². The van der Waals surface area contributed by atoms with Crippen molar-refractivity contribution in [3.8, 4) is 23.0 Å². The van der Waals surface area contributed by atoms with E-state index < -0.39 is 0 Å². The molecule has 3 aromatic heterocycles. The molecule has 0 bridgehead atoms. The molecule has 3 heterocycles. The molecule has 8 nitrogen and oxygen atoms in total. The van der Waals surface area contributed by atoms with Crippen molar-refractivity contribution in [2.24, 2.45) is 0 Å². The number of aromatic amines is 1. The smallest absolute Gasteiger partial charge is 0.227 e. The molecule has 0 fully saturated rings. The van der Waals surface area contributed by atoms with Gasteiger partial charge in [0, 0.05) is 30.7 Å². The van der Waals surface area contributed by atoms with Gasteiger partial charge in [0.25, 0.3) is 0 Å². The molecule has 0 spiro atoms. The minimum absolute atomic E-state index is 0.492. The van der Waals surface area contributed by atoms with Crippen molar-refractivity contribution >= 4 is 0 Å². The van der Waals surface area contributed by atoms with Gasteiger partial charge in [0.1, 0.15) is 17.9 Å². The van der Waals surface area contributed by atoms with Crippen LogP contribution in [0.5, 0.6) is 11.6 Å². The van der Waals surface area contributed by atoms with Crippen molar-refractivity contribution in [2.75, 3.05) is 0 Å². The summed E-state index contributed by atoms with van der Waals surface area (Å²) in [6.45, 7) is 0. The molecular weight excluding hydrogens is 320 g/mol. The fourth-order valence-electron chi connectivity index (χ4n) is 2.23. The second-order valence-electron chi connectivity index (χ2n) is 5.24. The van der Waals surface area contributed by atoms with Crippen molar-refractivity contribution in [2.45, 2.75) is 12.8 Å². The van der Waals surface area contributed by atoms with Gasteiger partial charge >= 0.3 is 0 Å². The maximum Gasteiger partial charge on any atom is 0.227 e. The molecule has 8 heteroatoms. The second-order valence-corrected chi connectivity index (χ2v) is 5.24. The van der Waals surface area contributed by atoms with Crippen molar-refractivity contribution in [3.05, 3.63) is 66.7 Å². The quantitative estimate of drug-likeness (QED) is 0.578. The molecule has 0 radical (unpaired) electrons. The summed E-state index contributed by atoms with van der Waals surface area (Å²) in [6.07, 6.45) is 4.37. The van der Waals surface area contributed by atoms with Crippen molar-refractivity contribution in [1.82, 2.24) is 30.3 Å². The summed E-state index contributed by atoms with van der Waals surface area (Å²) >= 11 is 0. The van der Waals surface area contributed by atoms with E-state index in [0.29, 0.717) is 30.4 Å². The average Bonchev–Trinajstić information content (AvgIpc) is 3.33. The van der Waals surface area contributed by atoms with Gasteiger partial charge in [-0.2, -0.15) is 10.1 Å². The Morgan fingerprint density at radius 2 is 1.92 bits per heavy atom. The molecule has 1 aromatic carbocycles. The Balaban J connectivity index is 1.41. The molecule has 0 atom stereocenters. The van der Waals surface area contributed by atoms with Gasteiger partial charge in [-0.15, -0.1) is 0 Å². The van der Waals surface area contributed by atoms with Crippen LogP contribution in [0.25, 0.3) is 11.4 Å². The Morgan fingerprint density at radius 1 is 1.00 bits per heavy atom. The molecule has 4 rings (SSSR count). The first-order chi connectivity index (χ1) is 12.4. The Kier molecular flexibility index (Phi) is 4.15. The maximum absolute atomic E-state index is 5.66. The predicted octanol–water partition coefficient (Wildman–Crippen LogP) is 2.83. The molecule has 25 heavy (non-hydrogen) atoms. The number of hydrogen-bond acceptors (Lipinski definition) is 7. The first-order valence-corrected chi connectivity index (χ1v) is 7.73. The summed E-state index contributed by atoms with van der Waals surface area (Å²) < 4.78 is 10.9. The lowest BCUT2D eigenvalue weighted by molar-refractivity contribution is 0.378. The summed E-state index contributed by atoms with van der Waals surface area (Å²) in [7, 11) is 0. The highest BCUT2D eigenvalue weighted by Gasteiger charge is 2.10. The number of ether oxygens (including phenoxy) is 1. The van der Waals surface area contributed by atoms with Crippen molar-refractivity contribution in [3.63, 3.8) is 0 Å². The SMILES string of the molecule is c1ccc(Oc2ccc(-c3noc(CCc4ncn[nH]4)n3)cn2)cc1. The van der Waals surface area contributed by atoms with Gasteiger partial charge in [-0.3, -0.25) is 5.10 Å². The highest BCUT2D eigenvalue weighted by Crippen LogP contribution is 2.21. The van der Waals surface area contributed by atoms with E-state index in [2.05, 4.69) is 30.3 Å². The second kappa shape index (κ2) is 6.91. The molecule has 0 aliphatic carbocycles. The Morgan fingerprint density at radius 3 is 2.68 bits per heavy atom. The van der Waals surface area contributed by atoms with E-state index in [0.717, 1.165) is 17.1 Å². The summed E-state index contributed by atoms with van der Waals surface area (Å²) in [6, 6.07) is 13.1. The van der Waals surface area contributed by atoms with Crippen LogP contribution in [0.1, 0.15) is 11.7 Å². The first-order valence-electron chi connectivity index (χ1n) is 7.73. The lowest BCUT2D eigenvalue weighted by atomic mass is 10.2. The maximum atomic E-state index is 5.66. The third-order valence-electron chi connectivity index (χ3n) is 3.47. The van der Waals surface area contributed by atoms with Crippen LogP contribution in [-0.4, -0.2) is 30.3 Å². The summed E-state index contributed by atoms with van der Waals surface area (Å²) in [4.78, 5) is 12.7. The largest absolute Gasteiger partial charge is 0.439 e. The normalized spacial score (nSPS) is 10.7. The Labute approximate surface area is 142 Å². The van der Waals surface area contributed by atoms with E-state index in [4.69, 9.17) is 9.26 Å². The van der Waals surface area contributed by atoms with Gasteiger partial charge in [0.05, 0.1) is 0 Å². The zero-order valence-corrected chi connectivity index (χ0v) is 13.2. The standard InChI is InChI=1S/C17H14N6O2/c1-2-4-13(5-3-1)24-15-8-6-12(10-18-15)17-21-16(25-23-17)9-7-14-19-11-20-22-14/h1-6,8,10-11H,7,9H2,(H,19,20,22). The minimum Gasteiger partial charge on any atom is -0.439 e. The molecule has 0 saturated carbocycles. The van der Waals surface area contributed by atoms with Gasteiger partial charge in [-0.1, -0.05) is 23.4 Å². The third-order valence-corrected chi connectivity index (χ3v) is 3.47. The van der Waals surface area contributed by atoms with Gasteiger partial charge in [-0.05, 0) is 18.2 Å². The number of hydrogen-bond donors (Lipinski definition) is 1. The van der Waals surface area contributed by atoms with E-state index >= 15 is 0 Å². The van der Waals surface area contributed by atoms with Crippen LogP contribution in [0.4, 0.5) is 0 Å². The summed E-state index contributed by atoms with van der Waals surface area (Å²) in [5.41, 5.74) is 0.759. The van der Waals surface area contributed by atoms with Crippen LogP contribution in [0.3, 0.4) is 0 Å². The number of nitrogens with one attached hydrogen (secondary N) is 1. The van der Waals surface area contributed by atoms with Crippen LogP contribution in [0.2, 0.25) is 0 Å². The van der Waals surface area contributed by atoms with Gasteiger partial charge in [0.15, 0.2) is 0 Å². The van der Waals surface area contributed by atoms with Crippen LogP contribution in [0, 0.1) is 0 Å². The number of benzene rings is 1. The number of aromatic nitrogens is 6. The Hall–Kier alpha value is -3.55. The molecule has 0 amide bonds. The van der Waals surface area contributed by atoms with Crippen molar-refractivity contribution < 1.29 is 9.26 Å². The fraction of sp³-hybridized carbons (Fsp3) is 0.118. The summed E-state index contributed by atoms with van der Waals surface area (Å²) in [5.74, 6) is 3.05. The van der Waals surface area contributed by atoms with E-state index in [1.54, 1.807) is 12.3 Å². The molecule has 0 saturated heterocycles. The van der Waals surface area contributed by atoms with Gasteiger partial charge in [0.2, 0.25) is 17.6 Å². The lowest BCUT2D eigenvalue weighted by Gasteiger charge is -2.04. The van der Waals surface area contributed by atoms with Crippen molar-refractivity contribution in [1.29, 1.82) is 0 Å². The summed E-state index contributed by atoms with van der Waals surface area (Å²) in [5, 5.41) is 10.6. The lowest BCUT2D eigenvalue weighted by Crippen LogP contribution is -1.94. The van der Waals surface area contributed by atoms with Gasteiger partial charge in [-0.25, -0.2) is 9.97 Å². The molecule has 0 aliphatic rings. The number of pyridine rings is 1. The van der Waals surface area contributed by atoms with E-state index in [-0.39, 0.29) is 0 Å². The molecule has 124 valence electrons. The molecule has 4 aromatic rings. The molecule has 0 aliphatic heterocycles. The minimum atomic E-state index is 0.492. The molecule has 0 unspecified atom stereocenters. The van der Waals surface area contributed by atoms with Gasteiger partial charge < -0.3 is 9.26 Å². The number of para-hydroxylation sites is 1. The average molecular weight is 334 g/mol. The zero-order valence-electron chi connectivity index (χ0n) is 13.2. The van der Waals surface area contributed by atoms with E-state index in [9.17, 15) is 0 Å². The topological polar surface area (TPSA) is 103 Å². The number of rotatable bonds is 6. The Bertz CT molecular complexity index is 919. The van der Waals surface area contributed by atoms with E-state index in [1.807, 2.05) is 36.4 Å². The molecular formula is C17H14N6O2. The number of H-pyrrole nitrogens is 1. The fourth-order valence-corrected chi connectivity index (χ4v) is 2.23. The highest BCUT2D eigenvalue weighted by atomic mass is 16.5. The first kappa shape index (κ1) is 15.0. The zero-order chi connectivity index (χ0) is 16.9. The number of nitrogens with zero attached hydrogens (tertiary/aromatic N) is 5. The van der Waals surface area contributed by atoms with Crippen LogP contribution >= 0.6 is 0 Å². The van der Waals surface area contributed by atoms with E-state index in [1.165, 1.54) is 6.33 Å². The van der Waals surface area contributed by atoms with Crippen LogP contribution in [0.15, 0.2) is 59.5 Å². The highest BCUT2D eigenvalue weighted by molar-refractivity contribution is 5.53. The third kappa shape index (κ3) is 3.69. The predicted molar refractivity (Wildman–Crippen MR) is 87.8 cm³/mol. The monoisotopic (exact) mass is 334 g/mol. The molecule has 1 N–H and O–H groups in total. The number of aryl methyl sites for hydroxylation is 2.